The second-order valence-electron chi connectivity index (χ2n) is 4.76. The first-order valence-corrected chi connectivity index (χ1v) is 5.66. The minimum Gasteiger partial charge on any atom is -0.197 e. The van der Waals surface area contributed by atoms with Crippen LogP contribution in [-0.2, 0) is 0 Å². The summed E-state index contributed by atoms with van der Waals surface area (Å²) >= 11 is 0. The highest BCUT2D eigenvalue weighted by atomic mass is 14.3. The van der Waals surface area contributed by atoms with Crippen molar-refractivity contribution in [2.45, 2.75) is 53.9 Å². The smallest absolute Gasteiger partial charge is 0.0762 e. The number of allylic oxidation sites excluding steroid dienone is 4. The fourth-order valence-corrected chi connectivity index (χ4v) is 1.56. The Labute approximate surface area is 94.5 Å². The van der Waals surface area contributed by atoms with E-state index in [1.807, 2.05) is 6.92 Å². The fourth-order valence-electron chi connectivity index (χ4n) is 1.56. The van der Waals surface area contributed by atoms with Crippen molar-refractivity contribution < 1.29 is 0 Å². The molecule has 1 nitrogen and oxygen atoms in total. The monoisotopic (exact) mass is 205 g/mol. The summed E-state index contributed by atoms with van der Waals surface area (Å²) in [5, 5.41) is 9.19. The molecule has 1 heteroatoms. The molecule has 0 saturated heterocycles. The van der Waals surface area contributed by atoms with Crippen molar-refractivity contribution in [1.29, 1.82) is 5.26 Å². The first-order valence-electron chi connectivity index (χ1n) is 5.66. The van der Waals surface area contributed by atoms with Crippen molar-refractivity contribution in [2.75, 3.05) is 0 Å². The molecule has 0 aromatic heterocycles. The van der Waals surface area contributed by atoms with Gasteiger partial charge in [-0.15, -0.1) is 0 Å². The van der Waals surface area contributed by atoms with Gasteiger partial charge in [0, 0.05) is 0 Å². The maximum absolute atomic E-state index is 9.19. The molecule has 0 heterocycles. The molecule has 1 unspecified atom stereocenters. The Morgan fingerprint density at radius 3 is 2.33 bits per heavy atom. The van der Waals surface area contributed by atoms with Gasteiger partial charge in [-0.05, 0) is 40.5 Å². The van der Waals surface area contributed by atoms with Gasteiger partial charge < -0.3 is 0 Å². The normalized spacial score (nSPS) is 15.3. The lowest BCUT2D eigenvalue weighted by molar-refractivity contribution is 0.569. The van der Waals surface area contributed by atoms with Gasteiger partial charge in [-0.3, -0.25) is 0 Å². The molecule has 0 aliphatic carbocycles. The highest BCUT2D eigenvalue weighted by molar-refractivity contribution is 5.18. The number of nitrogens with zero attached hydrogens (tertiary/aromatic N) is 1. The zero-order valence-corrected chi connectivity index (χ0v) is 10.7. The first kappa shape index (κ1) is 14.0. The minimum atomic E-state index is -0.337. The summed E-state index contributed by atoms with van der Waals surface area (Å²) in [5.74, 6) is 0. The number of nitriles is 1. The number of hydrogen-bond acceptors (Lipinski definition) is 1. The van der Waals surface area contributed by atoms with E-state index < -0.39 is 0 Å². The van der Waals surface area contributed by atoms with Gasteiger partial charge in [-0.2, -0.15) is 5.26 Å². The fraction of sp³-hybridized carbons (Fsp3) is 0.643. The second kappa shape index (κ2) is 6.45. The van der Waals surface area contributed by atoms with Crippen molar-refractivity contribution in [3.63, 3.8) is 0 Å². The molecule has 0 aliphatic rings. The largest absolute Gasteiger partial charge is 0.197 e. The molecule has 0 rings (SSSR count). The van der Waals surface area contributed by atoms with E-state index in [-0.39, 0.29) is 5.41 Å². The topological polar surface area (TPSA) is 23.8 Å². The zero-order chi connectivity index (χ0) is 11.9. The highest BCUT2D eigenvalue weighted by Gasteiger charge is 2.19. The van der Waals surface area contributed by atoms with Crippen molar-refractivity contribution in [3.8, 4) is 6.07 Å². The summed E-state index contributed by atoms with van der Waals surface area (Å²) in [6.45, 7) is 10.4. The molecule has 0 aliphatic heterocycles. The van der Waals surface area contributed by atoms with Crippen LogP contribution in [0.5, 0.6) is 0 Å². The van der Waals surface area contributed by atoms with Crippen LogP contribution < -0.4 is 0 Å². The van der Waals surface area contributed by atoms with Crippen LogP contribution in [0.1, 0.15) is 53.9 Å². The van der Waals surface area contributed by atoms with Crippen molar-refractivity contribution >= 4 is 0 Å². The molecule has 0 spiro atoms. The van der Waals surface area contributed by atoms with Gasteiger partial charge in [0.2, 0.25) is 0 Å². The summed E-state index contributed by atoms with van der Waals surface area (Å²) in [4.78, 5) is 0. The summed E-state index contributed by atoms with van der Waals surface area (Å²) in [5.41, 5.74) is 2.26. The molecule has 0 saturated carbocycles. The van der Waals surface area contributed by atoms with E-state index in [4.69, 9.17) is 0 Å². The van der Waals surface area contributed by atoms with Crippen LogP contribution in [0.3, 0.4) is 0 Å². The summed E-state index contributed by atoms with van der Waals surface area (Å²) in [7, 11) is 0. The van der Waals surface area contributed by atoms with Crippen LogP contribution in [0, 0.1) is 16.7 Å². The van der Waals surface area contributed by atoms with Gasteiger partial charge in [0.15, 0.2) is 0 Å². The molecule has 0 amide bonds. The standard InChI is InChI=1S/C14H23N/c1-6-7-13(4)10-14(5,11-15)9-8-12(2)3/h8,10H,6-7,9H2,1-5H3. The van der Waals surface area contributed by atoms with E-state index in [0.717, 1.165) is 19.3 Å². The van der Waals surface area contributed by atoms with E-state index in [0.29, 0.717) is 0 Å². The molecule has 0 radical (unpaired) electrons. The van der Waals surface area contributed by atoms with E-state index in [1.54, 1.807) is 0 Å². The Morgan fingerprint density at radius 1 is 1.33 bits per heavy atom. The van der Waals surface area contributed by atoms with E-state index >= 15 is 0 Å². The van der Waals surface area contributed by atoms with Gasteiger partial charge in [-0.25, -0.2) is 0 Å². The summed E-state index contributed by atoms with van der Waals surface area (Å²) in [6, 6.07) is 2.40. The van der Waals surface area contributed by atoms with Crippen LogP contribution in [0.4, 0.5) is 0 Å². The molecule has 84 valence electrons. The molecular weight excluding hydrogens is 182 g/mol. The Balaban J connectivity index is 4.65. The van der Waals surface area contributed by atoms with E-state index in [9.17, 15) is 5.26 Å². The van der Waals surface area contributed by atoms with Gasteiger partial charge >= 0.3 is 0 Å². The van der Waals surface area contributed by atoms with E-state index in [2.05, 4.69) is 45.9 Å². The molecular formula is C14H23N. The third kappa shape index (κ3) is 6.12. The van der Waals surface area contributed by atoms with Gasteiger partial charge in [0.1, 0.15) is 0 Å². The highest BCUT2D eigenvalue weighted by Crippen LogP contribution is 2.26. The molecule has 0 aromatic rings. The minimum absolute atomic E-state index is 0.337. The first-order chi connectivity index (χ1) is 6.93. The maximum atomic E-state index is 9.19. The van der Waals surface area contributed by atoms with Crippen molar-refractivity contribution in [2.24, 2.45) is 5.41 Å². The molecule has 1 atom stereocenters. The van der Waals surface area contributed by atoms with Crippen LogP contribution in [-0.4, -0.2) is 0 Å². The maximum Gasteiger partial charge on any atom is 0.0762 e. The second-order valence-corrected chi connectivity index (χ2v) is 4.76. The SMILES string of the molecule is CCCC(C)=CC(C)(C#N)CC=C(C)C. The Hall–Kier alpha value is -1.03. The number of rotatable bonds is 5. The average molecular weight is 205 g/mol. The predicted molar refractivity (Wildman–Crippen MR) is 66.4 cm³/mol. The molecule has 0 bridgehead atoms. The van der Waals surface area contributed by atoms with Gasteiger partial charge in [0.25, 0.3) is 0 Å². The molecule has 15 heavy (non-hydrogen) atoms. The predicted octanol–water partition coefficient (Wildman–Crippen LogP) is 4.62. The van der Waals surface area contributed by atoms with Crippen molar-refractivity contribution in [3.05, 3.63) is 23.3 Å². The molecule has 0 N–H and O–H groups in total. The van der Waals surface area contributed by atoms with E-state index in [1.165, 1.54) is 11.1 Å². The molecule has 0 fully saturated rings. The van der Waals surface area contributed by atoms with Crippen LogP contribution >= 0.6 is 0 Å². The Morgan fingerprint density at radius 2 is 1.93 bits per heavy atom. The Kier molecular flexibility index (Phi) is 6.01. The van der Waals surface area contributed by atoms with Gasteiger partial charge in [-0.1, -0.05) is 36.6 Å². The van der Waals surface area contributed by atoms with Crippen LogP contribution in [0.2, 0.25) is 0 Å². The van der Waals surface area contributed by atoms with Gasteiger partial charge in [0.05, 0.1) is 11.5 Å². The third-order valence-corrected chi connectivity index (χ3v) is 2.40. The lowest BCUT2D eigenvalue weighted by Crippen LogP contribution is -2.09. The lowest BCUT2D eigenvalue weighted by Gasteiger charge is -2.16. The van der Waals surface area contributed by atoms with Crippen LogP contribution in [0.25, 0.3) is 0 Å². The van der Waals surface area contributed by atoms with Crippen LogP contribution in [0.15, 0.2) is 23.3 Å². The Bertz CT molecular complexity index is 287. The number of hydrogen-bond donors (Lipinski definition) is 0. The third-order valence-electron chi connectivity index (χ3n) is 2.40. The summed E-state index contributed by atoms with van der Waals surface area (Å²) in [6.07, 6.45) is 7.31. The lowest BCUT2D eigenvalue weighted by atomic mass is 9.85. The summed E-state index contributed by atoms with van der Waals surface area (Å²) < 4.78 is 0. The van der Waals surface area contributed by atoms with Crippen molar-refractivity contribution in [1.82, 2.24) is 0 Å². The average Bonchev–Trinajstić information content (AvgIpc) is 2.15. The quantitative estimate of drug-likeness (QED) is 0.601. The zero-order valence-electron chi connectivity index (χ0n) is 10.7. The molecule has 0 aromatic carbocycles.